The van der Waals surface area contributed by atoms with Gasteiger partial charge in [0.2, 0.25) is 0 Å². The average Bonchev–Trinajstić information content (AvgIpc) is 2.66. The molecule has 2 aromatic rings. The van der Waals surface area contributed by atoms with Gasteiger partial charge in [0, 0.05) is 12.1 Å². The number of hydrogen-bond acceptors (Lipinski definition) is 5. The van der Waals surface area contributed by atoms with E-state index in [1.165, 1.54) is 36.4 Å². The van der Waals surface area contributed by atoms with E-state index in [0.717, 1.165) is 0 Å². The Labute approximate surface area is 197 Å². The minimum Gasteiger partial charge on any atom is -0.487 e. The summed E-state index contributed by atoms with van der Waals surface area (Å²) in [4.78, 5) is 10.1. The summed E-state index contributed by atoms with van der Waals surface area (Å²) in [6.07, 6.45) is -5.84. The largest absolute Gasteiger partial charge is 0.487 e. The molecular weight excluding hydrogens is 634 g/mol. The van der Waals surface area contributed by atoms with Gasteiger partial charge in [-0.3, -0.25) is 10.1 Å². The molecule has 6 nitrogen and oxygen atoms in total. The lowest BCUT2D eigenvalue weighted by Crippen LogP contribution is -2.58. The molecule has 2 rings (SSSR count). The number of nitrogens with one attached hydrogen (secondary N) is 1. The van der Waals surface area contributed by atoms with Crippen LogP contribution in [0.2, 0.25) is 0 Å². The van der Waals surface area contributed by atoms with E-state index in [4.69, 9.17) is 4.74 Å². The van der Waals surface area contributed by atoms with Gasteiger partial charge >= 0.3 is 18.1 Å². The van der Waals surface area contributed by atoms with E-state index in [2.05, 4.69) is 21.0 Å². The van der Waals surface area contributed by atoms with Crippen LogP contribution in [0.25, 0.3) is 0 Å². The van der Waals surface area contributed by atoms with Crippen LogP contribution in [-0.2, 0) is 6.61 Å². The van der Waals surface area contributed by atoms with E-state index in [9.17, 15) is 40.8 Å². The number of alkyl halides is 7. The van der Waals surface area contributed by atoms with Crippen molar-refractivity contribution in [2.75, 3.05) is 0 Å². The second-order valence-corrected chi connectivity index (χ2v) is 8.06. The van der Waals surface area contributed by atoms with Crippen molar-refractivity contribution >= 4 is 50.4 Å². The van der Waals surface area contributed by atoms with Gasteiger partial charge in [0.15, 0.2) is 0 Å². The van der Waals surface area contributed by atoms with Crippen molar-refractivity contribution in [1.29, 1.82) is 0 Å². The number of hydrogen-bond donors (Lipinski definition) is 1. The Hall–Kier alpha value is -2.17. The Morgan fingerprint density at radius 3 is 2.22 bits per heavy atom. The number of nitro groups is 1. The van der Waals surface area contributed by atoms with Crippen molar-refractivity contribution in [3.63, 3.8) is 0 Å². The van der Waals surface area contributed by atoms with Gasteiger partial charge in [-0.2, -0.15) is 35.8 Å². The maximum atomic E-state index is 13.2. The second-order valence-electron chi connectivity index (χ2n) is 6.04. The van der Waals surface area contributed by atoms with Crippen LogP contribution in [0.4, 0.5) is 36.4 Å². The molecule has 0 aliphatic rings. The van der Waals surface area contributed by atoms with Crippen LogP contribution in [0.5, 0.6) is 5.75 Å². The topological polar surface area (TPSA) is 76.8 Å². The van der Waals surface area contributed by atoms with Crippen molar-refractivity contribution in [2.45, 2.75) is 24.8 Å². The number of benzene rings is 2. The van der Waals surface area contributed by atoms with Gasteiger partial charge in [-0.15, -0.1) is 0 Å². The molecule has 0 atom stereocenters. The Morgan fingerprint density at radius 2 is 1.72 bits per heavy atom. The van der Waals surface area contributed by atoms with Crippen LogP contribution in [0.1, 0.15) is 11.1 Å². The summed E-state index contributed by atoms with van der Waals surface area (Å²) in [5.41, 5.74) is 1.14. The fraction of sp³-hybridized carbons (Fsp3) is 0.235. The van der Waals surface area contributed by atoms with Crippen molar-refractivity contribution in [3.8, 4) is 5.75 Å². The summed E-state index contributed by atoms with van der Waals surface area (Å²) >= 11 is 4.99. The standard InChI is InChI=1S/C17H10BrF7IN3O3/c18-12-5-10(7-27-28-17(24,25)15(19,20)16(21,22)23)6-13(26)14(12)32-8-9-1-3-11(4-2-9)29(30)31/h1-7,28H,8H2/b27-7+. The lowest BCUT2D eigenvalue weighted by molar-refractivity contribution is -0.384. The van der Waals surface area contributed by atoms with Gasteiger partial charge in [0.25, 0.3) is 5.69 Å². The summed E-state index contributed by atoms with van der Waals surface area (Å²) in [5, 5.41) is 13.5. The second kappa shape index (κ2) is 9.76. The fourth-order valence-electron chi connectivity index (χ4n) is 2.10. The van der Waals surface area contributed by atoms with Crippen LogP contribution in [0.15, 0.2) is 46.0 Å². The van der Waals surface area contributed by atoms with E-state index in [1.54, 1.807) is 0 Å². The summed E-state index contributed by atoms with van der Waals surface area (Å²) in [6.45, 7) is 0.0281. The normalized spacial score (nSPS) is 12.8. The number of ether oxygens (including phenoxy) is 1. The molecule has 0 amide bonds. The van der Waals surface area contributed by atoms with Crippen molar-refractivity contribution < 1.29 is 40.4 Å². The van der Waals surface area contributed by atoms with Gasteiger partial charge in [-0.1, -0.05) is 0 Å². The molecule has 2 aromatic carbocycles. The first kappa shape index (κ1) is 26.1. The molecule has 15 heteroatoms. The summed E-state index contributed by atoms with van der Waals surface area (Å²) in [6, 6.07) is 2.55. The first-order valence-electron chi connectivity index (χ1n) is 8.13. The van der Waals surface area contributed by atoms with Crippen LogP contribution in [0.3, 0.4) is 0 Å². The summed E-state index contributed by atoms with van der Waals surface area (Å²) < 4.78 is 94.7. The molecule has 0 aliphatic heterocycles. The zero-order valence-corrected chi connectivity index (χ0v) is 19.0. The van der Waals surface area contributed by atoms with Gasteiger partial charge in [-0.25, -0.2) is 5.43 Å². The molecule has 32 heavy (non-hydrogen) atoms. The number of nitrogens with zero attached hydrogens (tertiary/aromatic N) is 2. The minimum absolute atomic E-state index is 0.0281. The molecule has 0 fully saturated rings. The Morgan fingerprint density at radius 1 is 1.12 bits per heavy atom. The van der Waals surface area contributed by atoms with Gasteiger partial charge in [-0.05, 0) is 73.9 Å². The van der Waals surface area contributed by atoms with Crippen molar-refractivity contribution in [1.82, 2.24) is 5.43 Å². The van der Waals surface area contributed by atoms with E-state index in [1.807, 2.05) is 22.6 Å². The third-order valence-electron chi connectivity index (χ3n) is 3.72. The Balaban J connectivity index is 2.09. The molecule has 0 saturated carbocycles. The van der Waals surface area contributed by atoms with Crippen molar-refractivity contribution in [2.24, 2.45) is 5.10 Å². The minimum atomic E-state index is -6.47. The van der Waals surface area contributed by atoms with E-state index in [-0.39, 0.29) is 17.9 Å². The molecule has 0 saturated heterocycles. The number of halogens is 9. The molecule has 0 aliphatic carbocycles. The maximum Gasteiger partial charge on any atom is 0.462 e. The fourth-order valence-corrected chi connectivity index (χ4v) is 3.87. The molecule has 0 radical (unpaired) electrons. The van der Waals surface area contributed by atoms with Crippen LogP contribution >= 0.6 is 38.5 Å². The third-order valence-corrected chi connectivity index (χ3v) is 5.11. The average molecular weight is 644 g/mol. The highest BCUT2D eigenvalue weighted by Crippen LogP contribution is 2.45. The van der Waals surface area contributed by atoms with E-state index in [0.29, 0.717) is 31.0 Å². The zero-order chi connectivity index (χ0) is 24.3. The first-order chi connectivity index (χ1) is 14.7. The highest BCUT2D eigenvalue weighted by Gasteiger charge is 2.73. The number of rotatable bonds is 8. The molecule has 174 valence electrons. The van der Waals surface area contributed by atoms with Gasteiger partial charge < -0.3 is 4.74 Å². The van der Waals surface area contributed by atoms with Crippen LogP contribution in [0, 0.1) is 13.7 Å². The number of non-ortho nitro benzene ring substituents is 1. The quantitative estimate of drug-likeness (QED) is 0.0921. The van der Waals surface area contributed by atoms with Gasteiger partial charge in [0.1, 0.15) is 12.4 Å². The summed E-state index contributed by atoms with van der Waals surface area (Å²) in [5.74, 6) is -6.02. The Kier molecular flexibility index (Phi) is 7.96. The van der Waals surface area contributed by atoms with Crippen molar-refractivity contribution in [3.05, 3.63) is 65.7 Å². The zero-order valence-electron chi connectivity index (χ0n) is 15.3. The first-order valence-corrected chi connectivity index (χ1v) is 10.0. The van der Waals surface area contributed by atoms with Crippen LogP contribution < -0.4 is 10.2 Å². The SMILES string of the molecule is O=[N+]([O-])c1ccc(COc2c(Br)cc(/C=N/NC(F)(F)C(F)(F)C(F)(F)F)cc2I)cc1. The molecule has 1 N–H and O–H groups in total. The summed E-state index contributed by atoms with van der Waals surface area (Å²) in [7, 11) is 0. The smallest absolute Gasteiger partial charge is 0.462 e. The van der Waals surface area contributed by atoms with Gasteiger partial charge in [0.05, 0.1) is 19.2 Å². The molecule has 0 aromatic heterocycles. The van der Waals surface area contributed by atoms with Crippen LogP contribution in [-0.4, -0.2) is 29.3 Å². The monoisotopic (exact) mass is 643 g/mol. The molecular formula is C17H10BrF7IN3O3. The predicted molar refractivity (Wildman–Crippen MR) is 111 cm³/mol. The maximum absolute atomic E-state index is 13.2. The lowest BCUT2D eigenvalue weighted by Gasteiger charge is -2.27. The lowest BCUT2D eigenvalue weighted by atomic mass is 10.2. The molecule has 0 spiro atoms. The van der Waals surface area contributed by atoms with E-state index >= 15 is 0 Å². The number of hydrazone groups is 1. The predicted octanol–water partition coefficient (Wildman–Crippen LogP) is 6.25. The molecule has 0 unspecified atom stereocenters. The number of nitro benzene ring substituents is 1. The Bertz CT molecular complexity index is 994. The third kappa shape index (κ3) is 5.99. The molecule has 0 bridgehead atoms. The highest BCUT2D eigenvalue weighted by molar-refractivity contribution is 14.1. The van der Waals surface area contributed by atoms with E-state index < -0.39 is 23.1 Å². The molecule has 0 heterocycles. The highest BCUT2D eigenvalue weighted by atomic mass is 127.